The highest BCUT2D eigenvalue weighted by molar-refractivity contribution is 6.01. The van der Waals surface area contributed by atoms with Gasteiger partial charge in [-0.1, -0.05) is 30.3 Å². The fraction of sp³-hybridized carbons (Fsp3) is 0.238. The summed E-state index contributed by atoms with van der Waals surface area (Å²) in [5.74, 6) is -2.55. The second-order valence-corrected chi connectivity index (χ2v) is 7.58. The number of fused-ring (bicyclic) bond motifs is 3. The number of amides is 2. The molecule has 2 aromatic carbocycles. The maximum atomic E-state index is 14.1. The van der Waals surface area contributed by atoms with Crippen LogP contribution in [0.25, 0.3) is 0 Å². The Morgan fingerprint density at radius 1 is 1.17 bits per heavy atom. The first kappa shape index (κ1) is 18.4. The Morgan fingerprint density at radius 2 is 1.97 bits per heavy atom. The Hall–Kier alpha value is -3.62. The molecule has 2 unspecified atom stereocenters. The second-order valence-electron chi connectivity index (χ2n) is 7.58. The number of carbonyl (C=O) groups excluding carboxylic acids is 2. The molecule has 2 aliphatic rings. The highest BCUT2D eigenvalue weighted by Crippen LogP contribution is 2.54. The van der Waals surface area contributed by atoms with Gasteiger partial charge in [-0.25, -0.2) is 8.78 Å². The van der Waals surface area contributed by atoms with Crippen LogP contribution >= 0.6 is 0 Å². The van der Waals surface area contributed by atoms with Crippen LogP contribution in [-0.4, -0.2) is 33.0 Å². The molecule has 3 aromatic rings. The number of aromatic amines is 1. The molecule has 1 aliphatic heterocycles. The van der Waals surface area contributed by atoms with Crippen molar-refractivity contribution >= 4 is 17.5 Å². The van der Waals surface area contributed by atoms with Crippen LogP contribution in [0.4, 0.5) is 14.5 Å². The first-order valence-electron chi connectivity index (χ1n) is 9.56. The van der Waals surface area contributed by atoms with E-state index < -0.39 is 29.5 Å². The summed E-state index contributed by atoms with van der Waals surface area (Å²) >= 11 is 0. The van der Waals surface area contributed by atoms with Gasteiger partial charge in [0.05, 0.1) is 5.69 Å². The Labute approximate surface area is 169 Å². The minimum absolute atomic E-state index is 0.00934. The first-order chi connectivity index (χ1) is 14.5. The van der Waals surface area contributed by atoms with Gasteiger partial charge in [0.1, 0.15) is 23.5 Å². The molecule has 7 nitrogen and oxygen atoms in total. The second kappa shape index (κ2) is 7.01. The normalized spacial score (nSPS) is 21.8. The number of carbonyl (C=O) groups is 2. The van der Waals surface area contributed by atoms with Gasteiger partial charge in [-0.05, 0) is 35.4 Å². The van der Waals surface area contributed by atoms with Crippen LogP contribution in [0.15, 0.2) is 42.5 Å². The van der Waals surface area contributed by atoms with Gasteiger partial charge in [0.25, 0.3) is 5.91 Å². The molecule has 5 rings (SSSR count). The molecule has 0 spiro atoms. The van der Waals surface area contributed by atoms with Gasteiger partial charge in [0.2, 0.25) is 11.7 Å². The van der Waals surface area contributed by atoms with Crippen LogP contribution in [0.2, 0.25) is 0 Å². The lowest BCUT2D eigenvalue weighted by Crippen LogP contribution is -2.45. The van der Waals surface area contributed by atoms with E-state index in [0.29, 0.717) is 24.2 Å². The van der Waals surface area contributed by atoms with E-state index >= 15 is 0 Å². The van der Waals surface area contributed by atoms with Crippen molar-refractivity contribution in [2.45, 2.75) is 24.8 Å². The fourth-order valence-electron chi connectivity index (χ4n) is 4.00. The molecule has 9 heteroatoms. The number of halogens is 2. The molecule has 0 saturated heterocycles. The summed E-state index contributed by atoms with van der Waals surface area (Å²) in [4.78, 5) is 28.1. The lowest BCUT2D eigenvalue weighted by molar-refractivity contribution is -0.118. The van der Waals surface area contributed by atoms with Crippen LogP contribution < -0.4 is 10.6 Å². The van der Waals surface area contributed by atoms with Gasteiger partial charge in [0.15, 0.2) is 0 Å². The number of nitrogens with zero attached hydrogens (tertiary/aromatic N) is 2. The highest BCUT2D eigenvalue weighted by atomic mass is 19.1. The zero-order chi connectivity index (χ0) is 20.8. The van der Waals surface area contributed by atoms with Crippen molar-refractivity contribution in [1.82, 2.24) is 20.5 Å². The van der Waals surface area contributed by atoms with Crippen LogP contribution in [0.1, 0.15) is 39.9 Å². The van der Waals surface area contributed by atoms with Crippen molar-refractivity contribution in [3.63, 3.8) is 0 Å². The third-order valence-electron chi connectivity index (χ3n) is 5.53. The summed E-state index contributed by atoms with van der Waals surface area (Å²) < 4.78 is 27.8. The minimum atomic E-state index is -0.875. The lowest BCUT2D eigenvalue weighted by atomic mass is 10.1. The van der Waals surface area contributed by atoms with E-state index in [0.717, 1.165) is 11.6 Å². The van der Waals surface area contributed by atoms with Crippen LogP contribution in [0, 0.1) is 17.6 Å². The molecule has 1 fully saturated rings. The molecule has 3 atom stereocenters. The maximum absolute atomic E-state index is 14.1. The van der Waals surface area contributed by atoms with Crippen LogP contribution in [0.3, 0.4) is 0 Å². The first-order valence-corrected chi connectivity index (χ1v) is 9.56. The van der Waals surface area contributed by atoms with Gasteiger partial charge >= 0.3 is 0 Å². The summed E-state index contributed by atoms with van der Waals surface area (Å²) in [5, 5.41) is 13.0. The van der Waals surface area contributed by atoms with Gasteiger partial charge < -0.3 is 15.6 Å². The molecule has 1 aromatic heterocycles. The number of H-pyrrole nitrogens is 1. The molecule has 152 valence electrons. The number of hydrogen-bond acceptors (Lipinski definition) is 4. The topological polar surface area (TPSA) is 99.8 Å². The van der Waals surface area contributed by atoms with Crippen LogP contribution in [-0.2, 0) is 11.2 Å². The molecule has 0 bridgehead atoms. The summed E-state index contributed by atoms with van der Waals surface area (Å²) in [6.07, 6.45) is 1.04. The van der Waals surface area contributed by atoms with E-state index in [1.807, 2.05) is 30.3 Å². The molecular formula is C21H17F2N5O2. The predicted octanol–water partition coefficient (Wildman–Crippen LogP) is 2.53. The largest absolute Gasteiger partial charge is 0.337 e. The monoisotopic (exact) mass is 409 g/mol. The van der Waals surface area contributed by atoms with Crippen LogP contribution in [0.5, 0.6) is 0 Å². The molecule has 1 saturated carbocycles. The predicted molar refractivity (Wildman–Crippen MR) is 103 cm³/mol. The van der Waals surface area contributed by atoms with E-state index in [1.165, 1.54) is 6.07 Å². The average Bonchev–Trinajstić information content (AvgIpc) is 3.39. The summed E-state index contributed by atoms with van der Waals surface area (Å²) in [5.41, 5.74) is 1.42. The van der Waals surface area contributed by atoms with Crippen molar-refractivity contribution in [3.05, 3.63) is 76.9 Å². The Kier molecular flexibility index (Phi) is 4.30. The van der Waals surface area contributed by atoms with Crippen molar-refractivity contribution < 1.29 is 18.4 Å². The molecule has 3 N–H and O–H groups in total. The number of hydrogen-bond donors (Lipinski definition) is 3. The zero-order valence-corrected chi connectivity index (χ0v) is 15.7. The van der Waals surface area contributed by atoms with Gasteiger partial charge in [-0.2, -0.15) is 0 Å². The van der Waals surface area contributed by atoms with E-state index in [1.54, 1.807) is 0 Å². The van der Waals surface area contributed by atoms with Gasteiger partial charge in [0, 0.05) is 12.5 Å². The third kappa shape index (κ3) is 3.32. The lowest BCUT2D eigenvalue weighted by Gasteiger charge is -2.16. The van der Waals surface area contributed by atoms with Crippen molar-refractivity contribution in [2.75, 3.05) is 5.32 Å². The summed E-state index contributed by atoms with van der Waals surface area (Å²) in [7, 11) is 0. The smallest absolute Gasteiger partial charge is 0.289 e. The summed E-state index contributed by atoms with van der Waals surface area (Å²) in [6.45, 7) is 0. The number of anilines is 1. The Morgan fingerprint density at radius 3 is 2.77 bits per heavy atom. The molecule has 30 heavy (non-hydrogen) atoms. The van der Waals surface area contributed by atoms with Gasteiger partial charge in [-0.15, -0.1) is 10.2 Å². The standard InChI is InChI=1S/C21H17F2N5O2/c22-11-7-13-12-9-14(12)18(20(29)25-17(13)15(23)8-11)26-21(30)19-24-16(27-28-19)6-10-4-2-1-3-5-10/h1-5,7-8,12,14,18H,6,9H2,(H,25,29)(H,26,30)(H,24,27,28)/t12?,14?,18-/m0/s1. The Balaban J connectivity index is 1.32. The number of rotatable bonds is 4. The summed E-state index contributed by atoms with van der Waals surface area (Å²) in [6, 6.07) is 10.7. The quantitative estimate of drug-likeness (QED) is 0.617. The molecule has 2 amide bonds. The van der Waals surface area contributed by atoms with E-state index in [2.05, 4.69) is 25.8 Å². The zero-order valence-electron chi connectivity index (χ0n) is 15.7. The fourth-order valence-corrected chi connectivity index (χ4v) is 4.00. The number of aromatic nitrogens is 3. The molecule has 1 aliphatic carbocycles. The number of benzene rings is 2. The maximum Gasteiger partial charge on any atom is 0.289 e. The third-order valence-corrected chi connectivity index (χ3v) is 5.53. The van der Waals surface area contributed by atoms with Crippen molar-refractivity contribution in [3.8, 4) is 0 Å². The van der Waals surface area contributed by atoms with E-state index in [-0.39, 0.29) is 23.3 Å². The molecule has 0 radical (unpaired) electrons. The number of nitrogens with one attached hydrogen (secondary N) is 3. The van der Waals surface area contributed by atoms with E-state index in [9.17, 15) is 18.4 Å². The highest BCUT2D eigenvalue weighted by Gasteiger charge is 2.51. The van der Waals surface area contributed by atoms with Crippen molar-refractivity contribution in [2.24, 2.45) is 5.92 Å². The Bertz CT molecular complexity index is 1150. The molecule has 2 heterocycles. The SMILES string of the molecule is O=C(N[C@@H]1C(=O)Nc2c(F)cc(F)cc2C2CC21)c1nnc(Cc2ccccc2)[nH]1. The van der Waals surface area contributed by atoms with Gasteiger partial charge in [-0.3, -0.25) is 9.59 Å². The van der Waals surface area contributed by atoms with E-state index in [4.69, 9.17) is 0 Å². The average molecular weight is 409 g/mol. The minimum Gasteiger partial charge on any atom is -0.337 e. The molecular weight excluding hydrogens is 392 g/mol. The van der Waals surface area contributed by atoms with Crippen molar-refractivity contribution in [1.29, 1.82) is 0 Å².